The number of amides is 2. The lowest BCUT2D eigenvalue weighted by Gasteiger charge is -2.20. The molecule has 1 fully saturated rings. The summed E-state index contributed by atoms with van der Waals surface area (Å²) < 4.78 is 0. The summed E-state index contributed by atoms with van der Waals surface area (Å²) in [6, 6.07) is 1.41. The van der Waals surface area contributed by atoms with Crippen LogP contribution in [0.1, 0.15) is 77.6 Å². The number of ketones is 1. The van der Waals surface area contributed by atoms with E-state index in [4.69, 9.17) is 5.26 Å². The zero-order valence-corrected chi connectivity index (χ0v) is 14.6. The number of unbranched alkanes of at least 4 members (excludes halogenated alkanes) is 2. The molecule has 0 heterocycles. The number of rotatable bonds is 11. The minimum Gasteiger partial charge on any atom is -0.352 e. The molecular formula is C18H29N3O3. The Labute approximate surface area is 144 Å². The van der Waals surface area contributed by atoms with Crippen LogP contribution in [0.2, 0.25) is 0 Å². The first-order valence-electron chi connectivity index (χ1n) is 9.05. The highest BCUT2D eigenvalue weighted by Gasteiger charge is 2.24. The van der Waals surface area contributed by atoms with E-state index in [1.165, 1.54) is 0 Å². The molecular weight excluding hydrogens is 306 g/mol. The van der Waals surface area contributed by atoms with E-state index >= 15 is 0 Å². The third kappa shape index (κ3) is 8.09. The fourth-order valence-electron chi connectivity index (χ4n) is 2.98. The topological polar surface area (TPSA) is 99.1 Å². The Morgan fingerprint density at radius 2 is 1.88 bits per heavy atom. The monoisotopic (exact) mass is 335 g/mol. The second-order valence-electron chi connectivity index (χ2n) is 6.44. The van der Waals surface area contributed by atoms with E-state index in [1.54, 1.807) is 6.07 Å². The zero-order valence-electron chi connectivity index (χ0n) is 14.6. The van der Waals surface area contributed by atoms with Gasteiger partial charge in [-0.1, -0.05) is 32.6 Å². The van der Waals surface area contributed by atoms with Crippen molar-refractivity contribution in [1.82, 2.24) is 10.6 Å². The minimum atomic E-state index is -0.590. The number of nitrogens with zero attached hydrogens (tertiary/aromatic N) is 1. The van der Waals surface area contributed by atoms with Crippen LogP contribution in [0.25, 0.3) is 0 Å². The summed E-state index contributed by atoms with van der Waals surface area (Å²) in [7, 11) is 0. The van der Waals surface area contributed by atoms with Crippen LogP contribution in [-0.2, 0) is 14.4 Å². The molecule has 2 amide bonds. The third-order valence-corrected chi connectivity index (χ3v) is 4.44. The lowest BCUT2D eigenvalue weighted by Crippen LogP contribution is -2.49. The molecule has 24 heavy (non-hydrogen) atoms. The van der Waals surface area contributed by atoms with Gasteiger partial charge in [-0.05, 0) is 25.7 Å². The molecule has 1 rings (SSSR count). The van der Waals surface area contributed by atoms with E-state index in [9.17, 15) is 14.4 Å². The van der Waals surface area contributed by atoms with Crippen LogP contribution in [0.3, 0.4) is 0 Å². The highest BCUT2D eigenvalue weighted by Crippen LogP contribution is 2.18. The molecule has 2 N–H and O–H groups in total. The molecule has 6 nitrogen and oxygen atoms in total. The normalized spacial score (nSPS) is 15.5. The summed E-state index contributed by atoms with van der Waals surface area (Å²) in [5, 5.41) is 14.3. The second-order valence-corrected chi connectivity index (χ2v) is 6.44. The Balaban J connectivity index is 2.41. The van der Waals surface area contributed by atoms with Gasteiger partial charge in [0, 0.05) is 18.9 Å². The number of carbonyl (C=O) groups excluding carboxylic acids is 3. The standard InChI is InChI=1S/C18H29N3O3/c1-2-15(22)10-4-3-5-11-16(21-17(23)12-13-19)18(24)20-14-8-6-7-9-14/h14,16H,2-12H2,1H3,(H,20,24)(H,21,23)/t16-/m0/s1. The summed E-state index contributed by atoms with van der Waals surface area (Å²) in [6.07, 6.45) is 8.12. The van der Waals surface area contributed by atoms with E-state index in [-0.39, 0.29) is 24.2 Å². The van der Waals surface area contributed by atoms with Crippen molar-refractivity contribution in [3.8, 4) is 6.07 Å². The highest BCUT2D eigenvalue weighted by molar-refractivity contribution is 5.88. The second kappa shape index (κ2) is 11.6. The maximum absolute atomic E-state index is 12.4. The van der Waals surface area contributed by atoms with Crippen molar-refractivity contribution in [2.45, 2.75) is 89.6 Å². The molecule has 0 unspecified atom stereocenters. The molecule has 134 valence electrons. The molecule has 0 saturated heterocycles. The van der Waals surface area contributed by atoms with Crippen LogP contribution in [0, 0.1) is 11.3 Å². The quantitative estimate of drug-likeness (QED) is 0.566. The van der Waals surface area contributed by atoms with Gasteiger partial charge in [0.25, 0.3) is 0 Å². The van der Waals surface area contributed by atoms with Crippen molar-refractivity contribution in [1.29, 1.82) is 5.26 Å². The average molecular weight is 335 g/mol. The van der Waals surface area contributed by atoms with Crippen molar-refractivity contribution in [3.05, 3.63) is 0 Å². The van der Waals surface area contributed by atoms with Crippen molar-refractivity contribution < 1.29 is 14.4 Å². The maximum Gasteiger partial charge on any atom is 0.242 e. The maximum atomic E-state index is 12.4. The predicted molar refractivity (Wildman–Crippen MR) is 90.9 cm³/mol. The Kier molecular flexibility index (Phi) is 9.74. The Morgan fingerprint density at radius 3 is 2.50 bits per heavy atom. The van der Waals surface area contributed by atoms with E-state index in [2.05, 4.69) is 10.6 Å². The number of Topliss-reactive ketones (excluding diaryl/α,β-unsaturated/α-hetero) is 1. The molecule has 1 atom stereocenters. The van der Waals surface area contributed by atoms with Gasteiger partial charge in [-0.15, -0.1) is 0 Å². The molecule has 1 aliphatic carbocycles. The van der Waals surface area contributed by atoms with Gasteiger partial charge in [0.1, 0.15) is 18.2 Å². The third-order valence-electron chi connectivity index (χ3n) is 4.44. The molecule has 0 bridgehead atoms. The van der Waals surface area contributed by atoms with Gasteiger partial charge in [0.2, 0.25) is 11.8 Å². The van der Waals surface area contributed by atoms with Gasteiger partial charge in [-0.25, -0.2) is 0 Å². The van der Waals surface area contributed by atoms with Gasteiger partial charge in [0.05, 0.1) is 6.07 Å². The molecule has 0 radical (unpaired) electrons. The van der Waals surface area contributed by atoms with Crippen LogP contribution >= 0.6 is 0 Å². The molecule has 1 aliphatic rings. The largest absolute Gasteiger partial charge is 0.352 e. The SMILES string of the molecule is CCC(=O)CCCCC[C@H](NC(=O)CC#N)C(=O)NC1CCCC1. The fourth-order valence-corrected chi connectivity index (χ4v) is 2.98. The molecule has 0 aromatic heterocycles. The molecule has 0 aliphatic heterocycles. The van der Waals surface area contributed by atoms with Gasteiger partial charge in [-0.2, -0.15) is 5.26 Å². The average Bonchev–Trinajstić information content (AvgIpc) is 3.06. The summed E-state index contributed by atoms with van der Waals surface area (Å²) in [4.78, 5) is 35.3. The number of carbonyl (C=O) groups is 3. The predicted octanol–water partition coefficient (Wildman–Crippen LogP) is 2.37. The molecule has 0 aromatic rings. The van der Waals surface area contributed by atoms with Crippen LogP contribution in [0.5, 0.6) is 0 Å². The van der Waals surface area contributed by atoms with Gasteiger partial charge < -0.3 is 10.6 Å². The Hall–Kier alpha value is -1.90. The summed E-state index contributed by atoms with van der Waals surface area (Å²) >= 11 is 0. The molecule has 6 heteroatoms. The molecule has 0 spiro atoms. The van der Waals surface area contributed by atoms with Crippen LogP contribution < -0.4 is 10.6 Å². The van der Waals surface area contributed by atoms with Crippen LogP contribution in [0.15, 0.2) is 0 Å². The molecule has 1 saturated carbocycles. The lowest BCUT2D eigenvalue weighted by atomic mass is 10.0. The summed E-state index contributed by atoms with van der Waals surface area (Å²) in [6.45, 7) is 1.86. The van der Waals surface area contributed by atoms with Crippen molar-refractivity contribution >= 4 is 17.6 Å². The van der Waals surface area contributed by atoms with Gasteiger partial charge in [-0.3, -0.25) is 14.4 Å². The van der Waals surface area contributed by atoms with Crippen molar-refractivity contribution in [2.24, 2.45) is 0 Å². The first-order valence-corrected chi connectivity index (χ1v) is 9.05. The molecule has 0 aromatic carbocycles. The van der Waals surface area contributed by atoms with Crippen molar-refractivity contribution in [3.63, 3.8) is 0 Å². The number of nitrogens with one attached hydrogen (secondary N) is 2. The van der Waals surface area contributed by atoms with E-state index in [0.29, 0.717) is 19.3 Å². The summed E-state index contributed by atoms with van der Waals surface area (Å²) in [5.74, 6) is -0.309. The number of hydrogen-bond donors (Lipinski definition) is 2. The van der Waals surface area contributed by atoms with Crippen LogP contribution in [0.4, 0.5) is 0 Å². The lowest BCUT2D eigenvalue weighted by molar-refractivity contribution is -0.129. The fraction of sp³-hybridized carbons (Fsp3) is 0.778. The van der Waals surface area contributed by atoms with Gasteiger partial charge >= 0.3 is 0 Å². The zero-order chi connectivity index (χ0) is 17.8. The van der Waals surface area contributed by atoms with E-state index in [0.717, 1.165) is 44.9 Å². The number of hydrogen-bond acceptors (Lipinski definition) is 4. The number of nitriles is 1. The summed E-state index contributed by atoms with van der Waals surface area (Å²) in [5.41, 5.74) is 0. The first-order chi connectivity index (χ1) is 11.6. The minimum absolute atomic E-state index is 0.155. The smallest absolute Gasteiger partial charge is 0.242 e. The van der Waals surface area contributed by atoms with Crippen LogP contribution in [-0.4, -0.2) is 29.7 Å². The van der Waals surface area contributed by atoms with E-state index in [1.807, 2.05) is 6.92 Å². The Bertz CT molecular complexity index is 465. The highest BCUT2D eigenvalue weighted by atomic mass is 16.2. The van der Waals surface area contributed by atoms with Crippen molar-refractivity contribution in [2.75, 3.05) is 0 Å². The Morgan fingerprint density at radius 1 is 1.17 bits per heavy atom. The van der Waals surface area contributed by atoms with E-state index < -0.39 is 11.9 Å². The first kappa shape index (κ1) is 20.1. The van der Waals surface area contributed by atoms with Gasteiger partial charge in [0.15, 0.2) is 0 Å².